The van der Waals surface area contributed by atoms with Crippen LogP contribution in [0.1, 0.15) is 123 Å². The van der Waals surface area contributed by atoms with E-state index in [1.54, 1.807) is 24.3 Å². The van der Waals surface area contributed by atoms with Crippen molar-refractivity contribution in [1.82, 2.24) is 16.0 Å². The van der Waals surface area contributed by atoms with Gasteiger partial charge in [0, 0.05) is 25.8 Å². The van der Waals surface area contributed by atoms with Gasteiger partial charge in [-0.05, 0) is 62.6 Å². The van der Waals surface area contributed by atoms with E-state index < -0.39 is 23.4 Å². The summed E-state index contributed by atoms with van der Waals surface area (Å²) in [6.07, 6.45) is 11.1. The number of ether oxygens (including phenoxy) is 2. The highest BCUT2D eigenvalue weighted by atomic mass is 16.7. The molecule has 1 fully saturated rings. The van der Waals surface area contributed by atoms with Crippen LogP contribution in [0.5, 0.6) is 5.75 Å². The summed E-state index contributed by atoms with van der Waals surface area (Å²) < 4.78 is 11.1. The van der Waals surface area contributed by atoms with Crippen LogP contribution in [0.2, 0.25) is 0 Å². The Balaban J connectivity index is 2.02. The molecule has 0 heterocycles. The Hall–Kier alpha value is -3.63. The topological polar surface area (TPSA) is 166 Å². The van der Waals surface area contributed by atoms with Crippen molar-refractivity contribution in [2.75, 3.05) is 13.3 Å². The SMILES string of the molecule is CCCCCC(=O)NC(Cc1ccc(OCOC(=O)C2(C)CCCCC2)cc1)C(=O)NC(C(=O)NCCCCCC(N)=O)C(C)CC. The molecule has 1 aromatic rings. The zero-order valence-corrected chi connectivity index (χ0v) is 29.0. The molecule has 1 aliphatic rings. The molecule has 5 N–H and O–H groups in total. The first-order valence-electron chi connectivity index (χ1n) is 17.5. The number of amides is 4. The quantitative estimate of drug-likeness (QED) is 0.0786. The number of unbranched alkanes of at least 4 members (excludes halogenated alkanes) is 4. The van der Waals surface area contributed by atoms with Gasteiger partial charge >= 0.3 is 5.97 Å². The summed E-state index contributed by atoms with van der Waals surface area (Å²) in [5, 5.41) is 8.70. The number of esters is 1. The zero-order valence-electron chi connectivity index (χ0n) is 29.0. The lowest BCUT2D eigenvalue weighted by molar-refractivity contribution is -0.163. The van der Waals surface area contributed by atoms with Crippen LogP contribution < -0.4 is 26.4 Å². The number of nitrogens with one attached hydrogen (secondary N) is 3. The molecule has 3 atom stereocenters. The summed E-state index contributed by atoms with van der Waals surface area (Å²) in [6.45, 7) is 8.11. The van der Waals surface area contributed by atoms with Crippen molar-refractivity contribution in [2.45, 2.75) is 136 Å². The molecule has 0 aromatic heterocycles. The number of primary amides is 1. The van der Waals surface area contributed by atoms with Crippen molar-refractivity contribution in [3.63, 3.8) is 0 Å². The fourth-order valence-corrected chi connectivity index (χ4v) is 5.71. The molecule has 0 radical (unpaired) electrons. The lowest BCUT2D eigenvalue weighted by Crippen LogP contribution is -2.56. The molecule has 1 aliphatic carbocycles. The summed E-state index contributed by atoms with van der Waals surface area (Å²) >= 11 is 0. The zero-order chi connectivity index (χ0) is 34.7. The van der Waals surface area contributed by atoms with Gasteiger partial charge in [-0.25, -0.2) is 0 Å². The van der Waals surface area contributed by atoms with Crippen molar-refractivity contribution >= 4 is 29.6 Å². The number of nitrogens with two attached hydrogens (primary N) is 1. The maximum atomic E-state index is 13.6. The molecule has 3 unspecified atom stereocenters. The molecule has 0 spiro atoms. The minimum Gasteiger partial charge on any atom is -0.457 e. The third-order valence-corrected chi connectivity index (χ3v) is 9.08. The van der Waals surface area contributed by atoms with E-state index in [1.165, 1.54) is 0 Å². The normalized spacial score (nSPS) is 15.8. The summed E-state index contributed by atoms with van der Waals surface area (Å²) in [5.74, 6) is -1.13. The van der Waals surface area contributed by atoms with E-state index in [4.69, 9.17) is 15.2 Å². The first-order chi connectivity index (χ1) is 22.5. The van der Waals surface area contributed by atoms with Crippen molar-refractivity contribution in [2.24, 2.45) is 17.1 Å². The predicted molar refractivity (Wildman–Crippen MR) is 181 cm³/mol. The van der Waals surface area contributed by atoms with Gasteiger partial charge in [0.2, 0.25) is 30.4 Å². The van der Waals surface area contributed by atoms with Gasteiger partial charge in [-0.3, -0.25) is 24.0 Å². The smallest absolute Gasteiger partial charge is 0.314 e. The van der Waals surface area contributed by atoms with E-state index in [9.17, 15) is 24.0 Å². The minimum atomic E-state index is -0.888. The first-order valence-corrected chi connectivity index (χ1v) is 17.5. The van der Waals surface area contributed by atoms with Crippen LogP contribution in [0.3, 0.4) is 0 Å². The van der Waals surface area contributed by atoms with Gasteiger partial charge in [-0.15, -0.1) is 0 Å². The molecule has 1 aromatic carbocycles. The predicted octanol–water partition coefficient (Wildman–Crippen LogP) is 4.84. The summed E-state index contributed by atoms with van der Waals surface area (Å²) in [7, 11) is 0. The molecule has 1 saturated carbocycles. The highest BCUT2D eigenvalue weighted by Crippen LogP contribution is 2.36. The molecular weight excluding hydrogens is 600 g/mol. The van der Waals surface area contributed by atoms with Gasteiger partial charge in [0.05, 0.1) is 5.41 Å². The number of carbonyl (C=O) groups is 5. The average molecular weight is 659 g/mol. The number of rotatable bonds is 22. The van der Waals surface area contributed by atoms with E-state index in [1.807, 2.05) is 20.8 Å². The highest BCUT2D eigenvalue weighted by molar-refractivity contribution is 5.92. The van der Waals surface area contributed by atoms with E-state index in [0.29, 0.717) is 44.4 Å². The van der Waals surface area contributed by atoms with Gasteiger partial charge in [-0.2, -0.15) is 0 Å². The molecule has 0 saturated heterocycles. The standard InChI is InChI=1S/C36H58N4O7/c1-5-7-10-16-31(42)39-29(33(43)40-32(26(3)6-2)34(44)38-23-14-8-11-15-30(37)41)24-27-17-19-28(20-18-27)46-25-47-35(45)36(4)21-12-9-13-22-36/h17-20,26,29,32H,5-16,21-25H2,1-4H3,(H2,37,41)(H,38,44)(H,39,42)(H,40,43). The molecule has 47 heavy (non-hydrogen) atoms. The van der Waals surface area contributed by atoms with Crippen molar-refractivity contribution in [3.05, 3.63) is 29.8 Å². The van der Waals surface area contributed by atoms with Gasteiger partial charge in [0.15, 0.2) is 0 Å². The Kier molecular flexibility index (Phi) is 17.9. The molecule has 0 bridgehead atoms. The summed E-state index contributed by atoms with van der Waals surface area (Å²) in [4.78, 5) is 63.1. The van der Waals surface area contributed by atoms with E-state index in [0.717, 1.165) is 63.4 Å². The first kappa shape index (κ1) is 39.5. The van der Waals surface area contributed by atoms with Gasteiger partial charge in [0.25, 0.3) is 0 Å². The number of hydrogen-bond donors (Lipinski definition) is 4. The maximum absolute atomic E-state index is 13.6. The van der Waals surface area contributed by atoms with E-state index in [2.05, 4.69) is 22.9 Å². The minimum absolute atomic E-state index is 0.138. The Bertz CT molecular complexity index is 1130. The lowest BCUT2D eigenvalue weighted by Gasteiger charge is -2.30. The Morgan fingerprint density at radius 2 is 1.55 bits per heavy atom. The fraction of sp³-hybridized carbons (Fsp3) is 0.694. The molecule has 2 rings (SSSR count). The molecular formula is C36H58N4O7. The number of hydrogen-bond acceptors (Lipinski definition) is 7. The highest BCUT2D eigenvalue weighted by Gasteiger charge is 2.36. The Labute approximate surface area is 280 Å². The molecule has 264 valence electrons. The van der Waals surface area contributed by atoms with Gasteiger partial charge in [0.1, 0.15) is 17.8 Å². The van der Waals surface area contributed by atoms with Crippen molar-refractivity contribution in [3.8, 4) is 5.75 Å². The van der Waals surface area contributed by atoms with Gasteiger partial charge in [-0.1, -0.05) is 77.8 Å². The van der Waals surface area contributed by atoms with Gasteiger partial charge < -0.3 is 31.2 Å². The third-order valence-electron chi connectivity index (χ3n) is 9.08. The molecule has 11 nitrogen and oxygen atoms in total. The third kappa shape index (κ3) is 14.8. The number of benzene rings is 1. The Morgan fingerprint density at radius 1 is 0.872 bits per heavy atom. The van der Waals surface area contributed by atoms with Crippen molar-refractivity contribution in [1.29, 1.82) is 0 Å². The van der Waals surface area contributed by atoms with Crippen LogP contribution in [-0.4, -0.2) is 55.0 Å². The van der Waals surface area contributed by atoms with Crippen LogP contribution in [0.15, 0.2) is 24.3 Å². The second-order valence-electron chi connectivity index (χ2n) is 13.2. The fourth-order valence-electron chi connectivity index (χ4n) is 5.71. The second-order valence-corrected chi connectivity index (χ2v) is 13.2. The van der Waals surface area contributed by atoms with Crippen LogP contribution in [-0.2, 0) is 35.1 Å². The van der Waals surface area contributed by atoms with Crippen LogP contribution in [0, 0.1) is 11.3 Å². The molecule has 4 amide bonds. The second kappa shape index (κ2) is 21.3. The molecule has 0 aliphatic heterocycles. The summed E-state index contributed by atoms with van der Waals surface area (Å²) in [6, 6.07) is 5.43. The van der Waals surface area contributed by atoms with Crippen LogP contribution in [0.4, 0.5) is 0 Å². The lowest BCUT2D eigenvalue weighted by atomic mass is 9.76. The monoisotopic (exact) mass is 658 g/mol. The Morgan fingerprint density at radius 3 is 2.19 bits per heavy atom. The average Bonchev–Trinajstić information content (AvgIpc) is 3.05. The number of carbonyl (C=O) groups excluding carboxylic acids is 5. The maximum Gasteiger partial charge on any atom is 0.314 e. The van der Waals surface area contributed by atoms with Crippen molar-refractivity contribution < 1.29 is 33.4 Å². The largest absolute Gasteiger partial charge is 0.457 e. The van der Waals surface area contributed by atoms with E-state index in [-0.39, 0.29) is 42.8 Å². The van der Waals surface area contributed by atoms with E-state index >= 15 is 0 Å². The summed E-state index contributed by atoms with van der Waals surface area (Å²) in [5.41, 5.74) is 5.52. The van der Waals surface area contributed by atoms with Crippen LogP contribution in [0.25, 0.3) is 0 Å². The van der Waals surface area contributed by atoms with Crippen LogP contribution >= 0.6 is 0 Å². The molecule has 11 heteroatoms.